The van der Waals surface area contributed by atoms with Crippen LogP contribution in [0.3, 0.4) is 0 Å². The number of carbonyl (C=O) groups is 2. The number of alkyl carbamates (subject to hydrolysis) is 1. The average Bonchev–Trinajstić information content (AvgIpc) is 2.62. The Labute approximate surface area is 166 Å². The number of ether oxygens (including phenoxy) is 1. The van der Waals surface area contributed by atoms with Crippen molar-refractivity contribution < 1.29 is 14.3 Å². The highest BCUT2D eigenvalue weighted by Crippen LogP contribution is 2.04. The SMILES string of the molecule is CC(C)CCNC(=S)NNC(=O)[C@@H](NC(=O)OCc1ccccc1)C(C)C. The first-order valence-corrected chi connectivity index (χ1v) is 9.51. The molecule has 0 heterocycles. The van der Waals surface area contributed by atoms with Crippen LogP contribution in [0.2, 0.25) is 0 Å². The highest BCUT2D eigenvalue weighted by atomic mass is 32.1. The van der Waals surface area contributed by atoms with Crippen LogP contribution in [-0.4, -0.2) is 29.7 Å². The monoisotopic (exact) mass is 394 g/mol. The van der Waals surface area contributed by atoms with Gasteiger partial charge in [-0.05, 0) is 36.0 Å². The molecule has 0 saturated carbocycles. The van der Waals surface area contributed by atoms with Crippen molar-refractivity contribution in [2.24, 2.45) is 11.8 Å². The van der Waals surface area contributed by atoms with E-state index in [0.717, 1.165) is 18.5 Å². The van der Waals surface area contributed by atoms with Gasteiger partial charge in [0, 0.05) is 6.54 Å². The van der Waals surface area contributed by atoms with E-state index in [9.17, 15) is 9.59 Å². The van der Waals surface area contributed by atoms with E-state index in [2.05, 4.69) is 35.3 Å². The van der Waals surface area contributed by atoms with Gasteiger partial charge in [-0.15, -0.1) is 0 Å². The van der Waals surface area contributed by atoms with Crippen LogP contribution < -0.4 is 21.5 Å². The van der Waals surface area contributed by atoms with Crippen LogP contribution in [0.25, 0.3) is 0 Å². The van der Waals surface area contributed by atoms with Crippen molar-refractivity contribution in [3.63, 3.8) is 0 Å². The molecule has 0 spiro atoms. The first kappa shape index (κ1) is 22.7. The van der Waals surface area contributed by atoms with Crippen molar-refractivity contribution >= 4 is 29.3 Å². The van der Waals surface area contributed by atoms with Gasteiger partial charge in [0.05, 0.1) is 0 Å². The largest absolute Gasteiger partial charge is 0.445 e. The summed E-state index contributed by atoms with van der Waals surface area (Å²) in [6.45, 7) is 8.77. The lowest BCUT2D eigenvalue weighted by Gasteiger charge is -2.22. The van der Waals surface area contributed by atoms with Gasteiger partial charge in [-0.1, -0.05) is 58.0 Å². The molecule has 4 N–H and O–H groups in total. The molecule has 0 fully saturated rings. The summed E-state index contributed by atoms with van der Waals surface area (Å²) in [5.41, 5.74) is 6.04. The van der Waals surface area contributed by atoms with Crippen LogP contribution in [0, 0.1) is 11.8 Å². The van der Waals surface area contributed by atoms with Crippen LogP contribution >= 0.6 is 12.2 Å². The van der Waals surface area contributed by atoms with Crippen LogP contribution in [0.5, 0.6) is 0 Å². The zero-order chi connectivity index (χ0) is 20.2. The third-order valence-corrected chi connectivity index (χ3v) is 3.99. The van der Waals surface area contributed by atoms with E-state index in [4.69, 9.17) is 17.0 Å². The molecule has 7 nitrogen and oxygen atoms in total. The summed E-state index contributed by atoms with van der Waals surface area (Å²) < 4.78 is 5.17. The topological polar surface area (TPSA) is 91.5 Å². The van der Waals surface area contributed by atoms with Gasteiger partial charge in [0.15, 0.2) is 5.11 Å². The molecule has 0 bridgehead atoms. The van der Waals surface area contributed by atoms with Crippen molar-refractivity contribution in [3.8, 4) is 0 Å². The fraction of sp³-hybridized carbons (Fsp3) is 0.526. The molecule has 8 heteroatoms. The molecule has 0 aliphatic rings. The smallest absolute Gasteiger partial charge is 0.408 e. The summed E-state index contributed by atoms with van der Waals surface area (Å²) in [6.07, 6.45) is 0.324. The van der Waals surface area contributed by atoms with E-state index in [-0.39, 0.29) is 12.5 Å². The van der Waals surface area contributed by atoms with E-state index in [1.807, 2.05) is 44.2 Å². The van der Waals surface area contributed by atoms with Crippen molar-refractivity contribution in [2.75, 3.05) is 6.54 Å². The van der Waals surface area contributed by atoms with E-state index >= 15 is 0 Å². The molecular formula is C19H30N4O3S. The van der Waals surface area contributed by atoms with Crippen molar-refractivity contribution in [2.45, 2.75) is 46.8 Å². The molecule has 0 saturated heterocycles. The minimum absolute atomic E-state index is 0.126. The molecule has 0 aliphatic carbocycles. The minimum Gasteiger partial charge on any atom is -0.445 e. The van der Waals surface area contributed by atoms with Gasteiger partial charge in [-0.3, -0.25) is 15.6 Å². The average molecular weight is 395 g/mol. The third kappa shape index (κ3) is 9.79. The Morgan fingerprint density at radius 3 is 2.33 bits per heavy atom. The number of benzene rings is 1. The predicted molar refractivity (Wildman–Crippen MR) is 110 cm³/mol. The van der Waals surface area contributed by atoms with Crippen molar-refractivity contribution in [3.05, 3.63) is 35.9 Å². The van der Waals surface area contributed by atoms with Gasteiger partial charge in [0.25, 0.3) is 5.91 Å². The Kier molecular flexibility index (Phi) is 10.2. The number of rotatable bonds is 8. The Bertz CT molecular complexity index is 608. The van der Waals surface area contributed by atoms with E-state index < -0.39 is 18.0 Å². The normalized spacial score (nSPS) is 11.6. The van der Waals surface area contributed by atoms with Gasteiger partial charge in [0.2, 0.25) is 0 Å². The number of hydrogen-bond acceptors (Lipinski definition) is 4. The van der Waals surface area contributed by atoms with E-state index in [1.165, 1.54) is 0 Å². The van der Waals surface area contributed by atoms with Gasteiger partial charge in [-0.2, -0.15) is 0 Å². The quantitative estimate of drug-likeness (QED) is 0.400. The Morgan fingerprint density at radius 2 is 1.74 bits per heavy atom. The van der Waals surface area contributed by atoms with E-state index in [0.29, 0.717) is 11.0 Å². The van der Waals surface area contributed by atoms with Gasteiger partial charge in [0.1, 0.15) is 12.6 Å². The second kappa shape index (κ2) is 12.1. The molecule has 1 atom stereocenters. The summed E-state index contributed by atoms with van der Waals surface area (Å²) in [5, 5.41) is 5.93. The lowest BCUT2D eigenvalue weighted by Crippen LogP contribution is -2.56. The van der Waals surface area contributed by atoms with Gasteiger partial charge < -0.3 is 15.4 Å². The molecule has 0 radical (unpaired) electrons. The molecular weight excluding hydrogens is 364 g/mol. The van der Waals surface area contributed by atoms with Crippen LogP contribution in [0.4, 0.5) is 4.79 Å². The number of hydrogen-bond donors (Lipinski definition) is 4. The number of amides is 2. The van der Waals surface area contributed by atoms with Gasteiger partial charge in [-0.25, -0.2) is 4.79 Å². The Morgan fingerprint density at radius 1 is 1.07 bits per heavy atom. The molecule has 1 aromatic rings. The molecule has 0 aromatic heterocycles. The predicted octanol–water partition coefficient (Wildman–Crippen LogP) is 2.48. The molecule has 0 unspecified atom stereocenters. The first-order chi connectivity index (χ1) is 12.8. The maximum Gasteiger partial charge on any atom is 0.408 e. The highest BCUT2D eigenvalue weighted by molar-refractivity contribution is 7.80. The zero-order valence-corrected chi connectivity index (χ0v) is 17.2. The molecule has 0 aliphatic heterocycles. The lowest BCUT2D eigenvalue weighted by atomic mass is 10.0. The van der Waals surface area contributed by atoms with Crippen molar-refractivity contribution in [1.82, 2.24) is 21.5 Å². The molecule has 27 heavy (non-hydrogen) atoms. The Balaban J connectivity index is 2.41. The molecule has 1 rings (SSSR count). The Hall–Kier alpha value is -2.35. The zero-order valence-electron chi connectivity index (χ0n) is 16.4. The first-order valence-electron chi connectivity index (χ1n) is 9.10. The summed E-state index contributed by atoms with van der Waals surface area (Å²) in [4.78, 5) is 24.4. The van der Waals surface area contributed by atoms with Crippen LogP contribution in [0.15, 0.2) is 30.3 Å². The summed E-state index contributed by atoms with van der Waals surface area (Å²) in [5.74, 6) is 0.0412. The number of nitrogens with one attached hydrogen (secondary N) is 4. The van der Waals surface area contributed by atoms with E-state index in [1.54, 1.807) is 0 Å². The highest BCUT2D eigenvalue weighted by Gasteiger charge is 2.25. The fourth-order valence-electron chi connectivity index (χ4n) is 2.14. The minimum atomic E-state index is -0.751. The lowest BCUT2D eigenvalue weighted by molar-refractivity contribution is -0.124. The number of carbonyl (C=O) groups excluding carboxylic acids is 2. The second-order valence-corrected chi connectivity index (χ2v) is 7.39. The molecule has 150 valence electrons. The standard InChI is InChI=1S/C19H30N4O3S/c1-13(2)10-11-20-18(27)23-22-17(24)16(14(3)4)21-19(25)26-12-15-8-6-5-7-9-15/h5-9,13-14,16H,10-12H2,1-4H3,(H,21,25)(H,22,24)(H2,20,23,27)/t16-/m0/s1. The number of hydrazine groups is 1. The molecule has 2 amide bonds. The maximum atomic E-state index is 12.3. The number of thiocarbonyl (C=S) groups is 1. The van der Waals surface area contributed by atoms with Gasteiger partial charge >= 0.3 is 6.09 Å². The van der Waals surface area contributed by atoms with Crippen LogP contribution in [0.1, 0.15) is 39.7 Å². The summed E-state index contributed by atoms with van der Waals surface area (Å²) >= 11 is 5.11. The third-order valence-electron chi connectivity index (χ3n) is 3.74. The summed E-state index contributed by atoms with van der Waals surface area (Å²) in [7, 11) is 0. The van der Waals surface area contributed by atoms with Crippen molar-refractivity contribution in [1.29, 1.82) is 0 Å². The van der Waals surface area contributed by atoms with Crippen LogP contribution in [-0.2, 0) is 16.1 Å². The maximum absolute atomic E-state index is 12.3. The summed E-state index contributed by atoms with van der Waals surface area (Å²) in [6, 6.07) is 8.58. The second-order valence-electron chi connectivity index (χ2n) is 6.98. The fourth-order valence-corrected chi connectivity index (χ4v) is 2.29. The molecule has 1 aromatic carbocycles.